The van der Waals surface area contributed by atoms with Crippen molar-refractivity contribution in [3.8, 4) is 0 Å². The third kappa shape index (κ3) is 6.89. The summed E-state index contributed by atoms with van der Waals surface area (Å²) in [4.78, 5) is 5.10. The second-order valence-corrected chi connectivity index (χ2v) is 8.38. The van der Waals surface area contributed by atoms with E-state index in [0.29, 0.717) is 0 Å². The SMILES string of the molecule is C(=Cc1ccccc1)CN1CCCN(CCOC(c2ccccc2)c2ccccc2)CC1. The second-order valence-electron chi connectivity index (χ2n) is 8.38. The lowest BCUT2D eigenvalue weighted by Gasteiger charge is -2.24. The normalized spacial score (nSPS) is 15.9. The Labute approximate surface area is 192 Å². The van der Waals surface area contributed by atoms with Crippen molar-refractivity contribution in [3.05, 3.63) is 114 Å². The average Bonchev–Trinajstić information content (AvgIpc) is 3.09. The number of benzene rings is 3. The molecule has 1 heterocycles. The van der Waals surface area contributed by atoms with E-state index in [1.807, 2.05) is 0 Å². The van der Waals surface area contributed by atoms with Crippen LogP contribution in [0.4, 0.5) is 0 Å². The molecule has 3 nitrogen and oxygen atoms in total. The molecular weight excluding hydrogens is 392 g/mol. The van der Waals surface area contributed by atoms with Crippen LogP contribution in [0.15, 0.2) is 97.1 Å². The van der Waals surface area contributed by atoms with E-state index in [9.17, 15) is 0 Å². The fourth-order valence-electron chi connectivity index (χ4n) is 4.27. The Morgan fingerprint density at radius 2 is 1.25 bits per heavy atom. The van der Waals surface area contributed by atoms with Crippen LogP contribution in [0.5, 0.6) is 0 Å². The van der Waals surface area contributed by atoms with E-state index in [2.05, 4.69) is 113 Å². The average molecular weight is 427 g/mol. The summed E-state index contributed by atoms with van der Waals surface area (Å²) in [5.74, 6) is 0. The van der Waals surface area contributed by atoms with Crippen LogP contribution >= 0.6 is 0 Å². The van der Waals surface area contributed by atoms with E-state index in [0.717, 1.165) is 45.9 Å². The lowest BCUT2D eigenvalue weighted by atomic mass is 10.0. The van der Waals surface area contributed by atoms with Crippen molar-refractivity contribution in [2.45, 2.75) is 12.5 Å². The molecule has 4 rings (SSSR count). The van der Waals surface area contributed by atoms with Gasteiger partial charge in [0.15, 0.2) is 0 Å². The number of rotatable bonds is 9. The quantitative estimate of drug-likeness (QED) is 0.448. The molecule has 0 unspecified atom stereocenters. The van der Waals surface area contributed by atoms with Gasteiger partial charge in [0, 0.05) is 26.2 Å². The summed E-state index contributed by atoms with van der Waals surface area (Å²) in [5.41, 5.74) is 3.70. The number of ether oxygens (including phenoxy) is 1. The molecule has 1 saturated heterocycles. The van der Waals surface area contributed by atoms with Crippen LogP contribution in [0, 0.1) is 0 Å². The molecule has 1 aliphatic heterocycles. The Bertz CT molecular complexity index is 888. The van der Waals surface area contributed by atoms with Gasteiger partial charge in [-0.3, -0.25) is 9.80 Å². The molecule has 0 N–H and O–H groups in total. The molecule has 0 aliphatic carbocycles. The molecule has 3 aromatic rings. The highest BCUT2D eigenvalue weighted by Gasteiger charge is 2.17. The van der Waals surface area contributed by atoms with Crippen LogP contribution in [0.2, 0.25) is 0 Å². The molecule has 166 valence electrons. The Morgan fingerprint density at radius 3 is 1.91 bits per heavy atom. The van der Waals surface area contributed by atoms with Crippen LogP contribution in [-0.2, 0) is 4.74 Å². The third-order valence-corrected chi connectivity index (χ3v) is 6.05. The zero-order chi connectivity index (χ0) is 21.8. The Morgan fingerprint density at radius 1 is 0.688 bits per heavy atom. The monoisotopic (exact) mass is 426 g/mol. The molecule has 0 radical (unpaired) electrons. The maximum absolute atomic E-state index is 6.43. The van der Waals surface area contributed by atoms with Gasteiger partial charge >= 0.3 is 0 Å². The van der Waals surface area contributed by atoms with Gasteiger partial charge in [-0.1, -0.05) is 103 Å². The summed E-state index contributed by atoms with van der Waals surface area (Å²) < 4.78 is 6.43. The van der Waals surface area contributed by atoms with Gasteiger partial charge in [-0.25, -0.2) is 0 Å². The maximum Gasteiger partial charge on any atom is 0.108 e. The summed E-state index contributed by atoms with van der Waals surface area (Å²) >= 11 is 0. The van der Waals surface area contributed by atoms with Gasteiger partial charge in [-0.15, -0.1) is 0 Å². The number of hydrogen-bond donors (Lipinski definition) is 0. The molecule has 0 bridgehead atoms. The van der Waals surface area contributed by atoms with Gasteiger partial charge < -0.3 is 4.74 Å². The standard InChI is InChI=1S/C29H34N2O/c1-4-12-26(13-5-1)14-10-19-30-20-11-21-31(23-22-30)24-25-32-29(27-15-6-2-7-16-27)28-17-8-3-9-18-28/h1-10,12-18,29H,11,19-25H2. The molecule has 0 saturated carbocycles. The summed E-state index contributed by atoms with van der Waals surface area (Å²) in [7, 11) is 0. The Hall–Kier alpha value is -2.72. The topological polar surface area (TPSA) is 15.7 Å². The summed E-state index contributed by atoms with van der Waals surface area (Å²) in [6.45, 7) is 7.25. The first kappa shape index (κ1) is 22.5. The number of nitrogens with zero attached hydrogens (tertiary/aromatic N) is 2. The predicted molar refractivity (Wildman–Crippen MR) is 134 cm³/mol. The maximum atomic E-state index is 6.43. The largest absolute Gasteiger partial charge is 0.367 e. The third-order valence-electron chi connectivity index (χ3n) is 6.05. The first-order chi connectivity index (χ1) is 15.9. The van der Waals surface area contributed by atoms with Crippen LogP contribution in [-0.4, -0.2) is 55.7 Å². The summed E-state index contributed by atoms with van der Waals surface area (Å²) in [6.07, 6.45) is 5.71. The van der Waals surface area contributed by atoms with E-state index in [4.69, 9.17) is 4.74 Å². The van der Waals surface area contributed by atoms with Gasteiger partial charge in [0.05, 0.1) is 6.61 Å². The zero-order valence-electron chi connectivity index (χ0n) is 18.9. The molecule has 0 aromatic heterocycles. The van der Waals surface area contributed by atoms with Crippen LogP contribution in [0.1, 0.15) is 29.2 Å². The summed E-state index contributed by atoms with van der Waals surface area (Å²) in [5, 5.41) is 0. The first-order valence-corrected chi connectivity index (χ1v) is 11.8. The lowest BCUT2D eigenvalue weighted by Crippen LogP contribution is -2.33. The second kappa shape index (κ2) is 12.4. The smallest absolute Gasteiger partial charge is 0.108 e. The van der Waals surface area contributed by atoms with Gasteiger partial charge in [0.25, 0.3) is 0 Å². The van der Waals surface area contributed by atoms with Crippen molar-refractivity contribution in [1.29, 1.82) is 0 Å². The van der Waals surface area contributed by atoms with Crippen LogP contribution in [0.3, 0.4) is 0 Å². The molecule has 1 aliphatic rings. The van der Waals surface area contributed by atoms with Crippen molar-refractivity contribution >= 4 is 6.08 Å². The van der Waals surface area contributed by atoms with Crippen LogP contribution < -0.4 is 0 Å². The van der Waals surface area contributed by atoms with Gasteiger partial charge in [-0.2, -0.15) is 0 Å². The first-order valence-electron chi connectivity index (χ1n) is 11.8. The van der Waals surface area contributed by atoms with E-state index >= 15 is 0 Å². The molecule has 0 atom stereocenters. The lowest BCUT2D eigenvalue weighted by molar-refractivity contribution is 0.0606. The van der Waals surface area contributed by atoms with Crippen molar-refractivity contribution in [2.75, 3.05) is 45.9 Å². The fraction of sp³-hybridized carbons (Fsp3) is 0.310. The van der Waals surface area contributed by atoms with E-state index in [-0.39, 0.29) is 6.10 Å². The molecule has 32 heavy (non-hydrogen) atoms. The minimum absolute atomic E-state index is 0.0102. The molecular formula is C29H34N2O. The Balaban J connectivity index is 1.25. The molecule has 0 amide bonds. The van der Waals surface area contributed by atoms with Crippen molar-refractivity contribution in [2.24, 2.45) is 0 Å². The van der Waals surface area contributed by atoms with Crippen molar-refractivity contribution < 1.29 is 4.74 Å². The van der Waals surface area contributed by atoms with E-state index < -0.39 is 0 Å². The van der Waals surface area contributed by atoms with Crippen molar-refractivity contribution in [3.63, 3.8) is 0 Å². The van der Waals surface area contributed by atoms with Crippen molar-refractivity contribution in [1.82, 2.24) is 9.80 Å². The van der Waals surface area contributed by atoms with E-state index in [1.54, 1.807) is 0 Å². The van der Waals surface area contributed by atoms with Gasteiger partial charge in [0.1, 0.15) is 6.10 Å². The number of hydrogen-bond acceptors (Lipinski definition) is 3. The van der Waals surface area contributed by atoms with E-state index in [1.165, 1.54) is 23.1 Å². The Kier molecular flexibility index (Phi) is 8.67. The minimum atomic E-state index is -0.0102. The van der Waals surface area contributed by atoms with Gasteiger partial charge in [-0.05, 0) is 36.2 Å². The highest BCUT2D eigenvalue weighted by Crippen LogP contribution is 2.25. The molecule has 3 aromatic carbocycles. The predicted octanol–water partition coefficient (Wildman–Crippen LogP) is 5.51. The molecule has 0 spiro atoms. The zero-order valence-corrected chi connectivity index (χ0v) is 18.9. The molecule has 3 heteroatoms. The highest BCUT2D eigenvalue weighted by atomic mass is 16.5. The molecule has 1 fully saturated rings. The fourth-order valence-corrected chi connectivity index (χ4v) is 4.27. The minimum Gasteiger partial charge on any atom is -0.367 e. The van der Waals surface area contributed by atoms with Gasteiger partial charge in [0.2, 0.25) is 0 Å². The highest BCUT2D eigenvalue weighted by molar-refractivity contribution is 5.48. The van der Waals surface area contributed by atoms with Crippen LogP contribution in [0.25, 0.3) is 6.08 Å². The summed E-state index contributed by atoms with van der Waals surface area (Å²) in [6, 6.07) is 31.6.